The van der Waals surface area contributed by atoms with Crippen LogP contribution in [0.3, 0.4) is 0 Å². The van der Waals surface area contributed by atoms with E-state index >= 15 is 0 Å². The van der Waals surface area contributed by atoms with Gasteiger partial charge in [0.2, 0.25) is 0 Å². The molecule has 0 spiro atoms. The number of rotatable bonds is 4. The smallest absolute Gasteiger partial charge is 0.133 e. The number of piperazine rings is 1. The van der Waals surface area contributed by atoms with Crippen LogP contribution in [0.25, 0.3) is 0 Å². The Labute approximate surface area is 111 Å². The lowest BCUT2D eigenvalue weighted by Gasteiger charge is -2.40. The minimum absolute atomic E-state index is 0.468. The molecule has 2 aliphatic rings. The number of carbonyl (C=O) groups excluding carboxylic acids is 1. The van der Waals surface area contributed by atoms with Crippen LogP contribution in [-0.4, -0.2) is 79.9 Å². The van der Waals surface area contributed by atoms with Crippen LogP contribution in [0, 0.1) is 0 Å². The van der Waals surface area contributed by atoms with Crippen LogP contribution in [0.5, 0.6) is 0 Å². The third-order valence-corrected chi connectivity index (χ3v) is 4.30. The van der Waals surface area contributed by atoms with Gasteiger partial charge < -0.3 is 4.90 Å². The van der Waals surface area contributed by atoms with Gasteiger partial charge in [0.25, 0.3) is 0 Å². The van der Waals surface area contributed by atoms with E-state index in [9.17, 15) is 4.79 Å². The second-order valence-electron chi connectivity index (χ2n) is 5.95. The summed E-state index contributed by atoms with van der Waals surface area (Å²) in [6.07, 6.45) is 3.81. The summed E-state index contributed by atoms with van der Waals surface area (Å²) in [5.74, 6) is 0.468. The highest BCUT2D eigenvalue weighted by molar-refractivity contribution is 5.79. The topological polar surface area (TPSA) is 26.8 Å². The van der Waals surface area contributed by atoms with E-state index in [0.29, 0.717) is 11.8 Å². The molecule has 2 fully saturated rings. The van der Waals surface area contributed by atoms with Gasteiger partial charge in [-0.25, -0.2) is 0 Å². The van der Waals surface area contributed by atoms with Crippen LogP contribution in [0.15, 0.2) is 0 Å². The third-order valence-electron chi connectivity index (χ3n) is 4.30. The van der Waals surface area contributed by atoms with E-state index in [-0.39, 0.29) is 0 Å². The summed E-state index contributed by atoms with van der Waals surface area (Å²) in [6.45, 7) is 7.09. The molecule has 0 unspecified atom stereocenters. The predicted octanol–water partition coefficient (Wildman–Crippen LogP) is 0.677. The first-order valence-corrected chi connectivity index (χ1v) is 7.28. The van der Waals surface area contributed by atoms with Crippen molar-refractivity contribution >= 4 is 5.78 Å². The van der Waals surface area contributed by atoms with Crippen molar-refractivity contribution in [2.24, 2.45) is 0 Å². The first-order valence-electron chi connectivity index (χ1n) is 7.28. The van der Waals surface area contributed by atoms with Gasteiger partial charge in [-0.3, -0.25) is 14.6 Å². The van der Waals surface area contributed by atoms with Crippen LogP contribution in [-0.2, 0) is 4.79 Å². The fourth-order valence-electron chi connectivity index (χ4n) is 2.98. The lowest BCUT2D eigenvalue weighted by atomic mass is 9.93. The molecule has 1 saturated carbocycles. The summed E-state index contributed by atoms with van der Waals surface area (Å²) in [6, 6.07) is 0.679. The van der Waals surface area contributed by atoms with Gasteiger partial charge in [-0.05, 0) is 26.9 Å². The normalized spacial score (nSPS) is 24.9. The molecule has 0 aromatic carbocycles. The number of hydrogen-bond acceptors (Lipinski definition) is 4. The van der Waals surface area contributed by atoms with Gasteiger partial charge in [-0.2, -0.15) is 0 Å². The molecule has 4 nitrogen and oxygen atoms in total. The van der Waals surface area contributed by atoms with E-state index in [1.807, 2.05) is 0 Å². The number of ketones is 1. The molecule has 1 aliphatic heterocycles. The summed E-state index contributed by atoms with van der Waals surface area (Å²) in [7, 11) is 4.27. The average molecular weight is 253 g/mol. The summed E-state index contributed by atoms with van der Waals surface area (Å²) in [4.78, 5) is 18.7. The molecule has 0 atom stereocenters. The molecule has 0 aromatic rings. The molecule has 2 rings (SSSR count). The van der Waals surface area contributed by atoms with E-state index in [2.05, 4.69) is 28.8 Å². The molecule has 0 bridgehead atoms. The standard InChI is InChI=1S/C14H27N3O/c1-15(2)7-8-16-9-11-17(12-10-16)13-3-5-14(18)6-4-13/h13H,3-12H2,1-2H3. The Morgan fingerprint density at radius 2 is 1.72 bits per heavy atom. The third kappa shape index (κ3) is 4.04. The minimum atomic E-state index is 0.468. The minimum Gasteiger partial charge on any atom is -0.308 e. The van der Waals surface area contributed by atoms with Crippen molar-refractivity contribution in [1.29, 1.82) is 0 Å². The van der Waals surface area contributed by atoms with Crippen LogP contribution in [0.4, 0.5) is 0 Å². The molecule has 18 heavy (non-hydrogen) atoms. The zero-order valence-corrected chi connectivity index (χ0v) is 11.9. The van der Waals surface area contributed by atoms with E-state index < -0.39 is 0 Å². The van der Waals surface area contributed by atoms with Gasteiger partial charge in [0.15, 0.2) is 0 Å². The van der Waals surface area contributed by atoms with Gasteiger partial charge in [0, 0.05) is 58.2 Å². The zero-order chi connectivity index (χ0) is 13.0. The highest BCUT2D eigenvalue weighted by atomic mass is 16.1. The van der Waals surface area contributed by atoms with Gasteiger partial charge >= 0.3 is 0 Å². The van der Waals surface area contributed by atoms with Crippen molar-refractivity contribution in [2.75, 3.05) is 53.4 Å². The lowest BCUT2D eigenvalue weighted by Crippen LogP contribution is -2.52. The lowest BCUT2D eigenvalue weighted by molar-refractivity contribution is -0.121. The summed E-state index contributed by atoms with van der Waals surface area (Å²) < 4.78 is 0. The Hall–Kier alpha value is -0.450. The second kappa shape index (κ2) is 6.64. The van der Waals surface area contributed by atoms with E-state index in [1.165, 1.54) is 32.7 Å². The maximum Gasteiger partial charge on any atom is 0.133 e. The number of nitrogens with zero attached hydrogens (tertiary/aromatic N) is 3. The molecule has 1 saturated heterocycles. The summed E-state index contributed by atoms with van der Waals surface area (Å²) >= 11 is 0. The van der Waals surface area contributed by atoms with Crippen molar-refractivity contribution in [2.45, 2.75) is 31.7 Å². The largest absolute Gasteiger partial charge is 0.308 e. The van der Waals surface area contributed by atoms with Gasteiger partial charge in [0.1, 0.15) is 5.78 Å². The predicted molar refractivity (Wildman–Crippen MR) is 73.8 cm³/mol. The van der Waals surface area contributed by atoms with Crippen LogP contribution in [0.1, 0.15) is 25.7 Å². The quantitative estimate of drug-likeness (QED) is 0.736. The Morgan fingerprint density at radius 1 is 1.11 bits per heavy atom. The summed E-state index contributed by atoms with van der Waals surface area (Å²) in [5, 5.41) is 0. The Kier molecular flexibility index (Phi) is 5.15. The van der Waals surface area contributed by atoms with Crippen molar-refractivity contribution in [1.82, 2.24) is 14.7 Å². The van der Waals surface area contributed by atoms with E-state index in [1.54, 1.807) is 0 Å². The molecule has 0 amide bonds. The number of Topliss-reactive ketones (excluding diaryl/α,β-unsaturated/α-hetero) is 1. The first kappa shape index (κ1) is 14.0. The number of hydrogen-bond donors (Lipinski definition) is 0. The number of carbonyl (C=O) groups is 1. The molecule has 104 valence electrons. The molecular weight excluding hydrogens is 226 g/mol. The van der Waals surface area contributed by atoms with Crippen molar-refractivity contribution < 1.29 is 4.79 Å². The SMILES string of the molecule is CN(C)CCN1CCN(C2CCC(=O)CC2)CC1. The molecule has 0 aromatic heterocycles. The molecular formula is C14H27N3O. The highest BCUT2D eigenvalue weighted by Crippen LogP contribution is 2.21. The molecule has 0 radical (unpaired) electrons. The average Bonchev–Trinajstić information content (AvgIpc) is 2.38. The first-order chi connectivity index (χ1) is 8.65. The molecule has 1 heterocycles. The van der Waals surface area contributed by atoms with Crippen LogP contribution < -0.4 is 0 Å². The number of likely N-dealkylation sites (N-methyl/N-ethyl adjacent to an activating group) is 1. The van der Waals surface area contributed by atoms with Crippen LogP contribution in [0.2, 0.25) is 0 Å². The fraction of sp³-hybridized carbons (Fsp3) is 0.929. The van der Waals surface area contributed by atoms with Gasteiger partial charge in [-0.1, -0.05) is 0 Å². The summed E-state index contributed by atoms with van der Waals surface area (Å²) in [5.41, 5.74) is 0. The maximum absolute atomic E-state index is 11.3. The molecule has 1 aliphatic carbocycles. The van der Waals surface area contributed by atoms with E-state index in [4.69, 9.17) is 0 Å². The van der Waals surface area contributed by atoms with Crippen molar-refractivity contribution in [3.05, 3.63) is 0 Å². The zero-order valence-electron chi connectivity index (χ0n) is 11.9. The monoisotopic (exact) mass is 253 g/mol. The molecule has 4 heteroatoms. The van der Waals surface area contributed by atoms with Crippen LogP contribution >= 0.6 is 0 Å². The Balaban J connectivity index is 1.68. The second-order valence-corrected chi connectivity index (χ2v) is 5.95. The van der Waals surface area contributed by atoms with Gasteiger partial charge in [0.05, 0.1) is 0 Å². The van der Waals surface area contributed by atoms with Gasteiger partial charge in [-0.15, -0.1) is 0 Å². The highest BCUT2D eigenvalue weighted by Gasteiger charge is 2.27. The Bertz CT molecular complexity index is 262. The van der Waals surface area contributed by atoms with E-state index in [0.717, 1.165) is 32.2 Å². The van der Waals surface area contributed by atoms with Crippen molar-refractivity contribution in [3.63, 3.8) is 0 Å². The molecule has 0 N–H and O–H groups in total. The van der Waals surface area contributed by atoms with Crippen molar-refractivity contribution in [3.8, 4) is 0 Å². The fourth-order valence-corrected chi connectivity index (χ4v) is 2.98. The maximum atomic E-state index is 11.3. The Morgan fingerprint density at radius 3 is 2.28 bits per heavy atom.